The quantitative estimate of drug-likeness (QED) is 0.870. The number of amides is 1. The first-order chi connectivity index (χ1) is 9.88. The normalized spacial score (nSPS) is 10.6. The average molecular weight is 291 g/mol. The summed E-state index contributed by atoms with van der Waals surface area (Å²) in [5.74, 6) is 1.23. The summed E-state index contributed by atoms with van der Waals surface area (Å²) in [6.07, 6.45) is 1.22. The molecule has 0 radical (unpaired) electrons. The zero-order chi connectivity index (χ0) is 15.6. The number of likely N-dealkylation sites (N-methyl/N-ethyl adjacent to an activating group) is 1. The molecule has 1 amide bonds. The van der Waals surface area contributed by atoms with Crippen LogP contribution in [0.1, 0.15) is 17.1 Å². The number of aromatic nitrogens is 2. The third-order valence-corrected chi connectivity index (χ3v) is 3.21. The Kier molecular flexibility index (Phi) is 4.11. The predicted molar refractivity (Wildman–Crippen MR) is 75.9 cm³/mol. The molecule has 0 unspecified atom stereocenters. The van der Waals surface area contributed by atoms with Crippen LogP contribution in [0.3, 0.4) is 0 Å². The van der Waals surface area contributed by atoms with Gasteiger partial charge >= 0.3 is 5.69 Å². The van der Waals surface area contributed by atoms with Crippen LogP contribution >= 0.6 is 0 Å². The Balaban J connectivity index is 2.09. The molecule has 0 bridgehead atoms. The molecule has 112 valence electrons. The number of rotatable bonds is 4. The van der Waals surface area contributed by atoms with Gasteiger partial charge in [0.1, 0.15) is 11.5 Å². The topological polar surface area (TPSA) is 88.3 Å². The molecule has 2 aromatic rings. The lowest BCUT2D eigenvalue weighted by atomic mass is 10.2. The van der Waals surface area contributed by atoms with Crippen LogP contribution in [0.4, 0.5) is 0 Å². The lowest BCUT2D eigenvalue weighted by molar-refractivity contribution is -0.129. The lowest BCUT2D eigenvalue weighted by Gasteiger charge is -2.15. The Morgan fingerprint density at radius 1 is 1.38 bits per heavy atom. The molecular weight excluding hydrogens is 274 g/mol. The summed E-state index contributed by atoms with van der Waals surface area (Å²) < 4.78 is 6.35. The van der Waals surface area contributed by atoms with E-state index in [1.807, 2.05) is 13.0 Å². The minimum absolute atomic E-state index is 0.0698. The molecule has 2 rings (SSSR count). The zero-order valence-electron chi connectivity index (χ0n) is 12.2. The Morgan fingerprint density at radius 2 is 2.10 bits per heavy atom. The van der Waals surface area contributed by atoms with Gasteiger partial charge in [0.25, 0.3) is 5.56 Å². The van der Waals surface area contributed by atoms with Gasteiger partial charge < -0.3 is 14.3 Å². The van der Waals surface area contributed by atoms with E-state index in [0.29, 0.717) is 12.3 Å². The highest BCUT2D eigenvalue weighted by atomic mass is 16.3. The van der Waals surface area contributed by atoms with Gasteiger partial charge in [0.15, 0.2) is 0 Å². The Morgan fingerprint density at radius 3 is 2.71 bits per heavy atom. The molecule has 2 heterocycles. The molecule has 2 aromatic heterocycles. The third kappa shape index (κ3) is 3.31. The van der Waals surface area contributed by atoms with Gasteiger partial charge in [0.05, 0.1) is 13.0 Å². The maximum Gasteiger partial charge on any atom is 0.328 e. The summed E-state index contributed by atoms with van der Waals surface area (Å²) >= 11 is 0. The van der Waals surface area contributed by atoms with Gasteiger partial charge in [-0.2, -0.15) is 0 Å². The highest BCUT2D eigenvalue weighted by molar-refractivity contribution is 5.78. The number of aryl methyl sites for hydroxylation is 1. The number of nitrogens with one attached hydrogen (secondary N) is 1. The third-order valence-electron chi connectivity index (χ3n) is 3.21. The molecular formula is C14H17N3O4. The Labute approximate surface area is 120 Å². The van der Waals surface area contributed by atoms with E-state index in [2.05, 4.69) is 4.98 Å². The highest BCUT2D eigenvalue weighted by Gasteiger charge is 2.15. The van der Waals surface area contributed by atoms with Crippen molar-refractivity contribution in [3.8, 4) is 0 Å². The lowest BCUT2D eigenvalue weighted by Crippen LogP contribution is -2.36. The van der Waals surface area contributed by atoms with Crippen molar-refractivity contribution in [3.63, 3.8) is 0 Å². The van der Waals surface area contributed by atoms with Crippen molar-refractivity contribution in [2.24, 2.45) is 7.05 Å². The molecule has 0 fully saturated rings. The van der Waals surface area contributed by atoms with Gasteiger partial charge in [-0.25, -0.2) is 4.79 Å². The van der Waals surface area contributed by atoms with Crippen molar-refractivity contribution in [2.75, 3.05) is 7.05 Å². The monoisotopic (exact) mass is 291 g/mol. The second kappa shape index (κ2) is 5.82. The standard InChI is InChI=1S/C14H17N3O4/c1-9-4-5-11(21-9)8-16(2)12(18)6-10-7-15-14(20)17(3)13(10)19/h4-5,7H,6,8H2,1-3H3,(H,15,20). The second-order valence-electron chi connectivity index (χ2n) is 4.92. The smallest absolute Gasteiger partial charge is 0.328 e. The number of H-pyrrole nitrogens is 1. The molecule has 21 heavy (non-hydrogen) atoms. The largest absolute Gasteiger partial charge is 0.464 e. The van der Waals surface area contributed by atoms with Crippen molar-refractivity contribution >= 4 is 5.91 Å². The van der Waals surface area contributed by atoms with E-state index in [0.717, 1.165) is 10.3 Å². The highest BCUT2D eigenvalue weighted by Crippen LogP contribution is 2.09. The molecule has 0 atom stereocenters. The van der Waals surface area contributed by atoms with E-state index in [4.69, 9.17) is 4.42 Å². The first kappa shape index (κ1) is 14.8. The second-order valence-corrected chi connectivity index (χ2v) is 4.92. The van der Waals surface area contributed by atoms with Gasteiger partial charge in [0.2, 0.25) is 5.91 Å². The molecule has 1 N–H and O–H groups in total. The molecule has 7 nitrogen and oxygen atoms in total. The van der Waals surface area contributed by atoms with Crippen LogP contribution in [0.5, 0.6) is 0 Å². The number of aromatic amines is 1. The number of carbonyl (C=O) groups is 1. The summed E-state index contributed by atoms with van der Waals surface area (Å²) in [6, 6.07) is 3.63. The number of hydrogen-bond acceptors (Lipinski definition) is 4. The van der Waals surface area contributed by atoms with Crippen LogP contribution < -0.4 is 11.2 Å². The van der Waals surface area contributed by atoms with Crippen molar-refractivity contribution in [1.82, 2.24) is 14.5 Å². The molecule has 0 aliphatic carbocycles. The van der Waals surface area contributed by atoms with E-state index >= 15 is 0 Å². The molecule has 0 aromatic carbocycles. The fourth-order valence-electron chi connectivity index (χ4n) is 1.93. The van der Waals surface area contributed by atoms with E-state index in [1.165, 1.54) is 18.1 Å². The SMILES string of the molecule is Cc1ccc(CN(C)C(=O)Cc2c[nH]c(=O)n(C)c2=O)o1. The summed E-state index contributed by atoms with van der Waals surface area (Å²) in [5.41, 5.74) is -0.713. The summed E-state index contributed by atoms with van der Waals surface area (Å²) in [5, 5.41) is 0. The van der Waals surface area contributed by atoms with Crippen LogP contribution in [0.2, 0.25) is 0 Å². The molecule has 0 saturated carbocycles. The van der Waals surface area contributed by atoms with Crippen molar-refractivity contribution in [1.29, 1.82) is 0 Å². The first-order valence-corrected chi connectivity index (χ1v) is 6.45. The molecule has 0 aliphatic heterocycles. The summed E-state index contributed by atoms with van der Waals surface area (Å²) in [7, 11) is 3.00. The maximum atomic E-state index is 12.1. The van der Waals surface area contributed by atoms with E-state index < -0.39 is 11.2 Å². The minimum atomic E-state index is -0.504. The van der Waals surface area contributed by atoms with Crippen LogP contribution in [0.25, 0.3) is 0 Å². The van der Waals surface area contributed by atoms with Gasteiger partial charge in [-0.3, -0.25) is 14.2 Å². The van der Waals surface area contributed by atoms with Crippen LogP contribution in [0, 0.1) is 6.92 Å². The van der Waals surface area contributed by atoms with E-state index in [-0.39, 0.29) is 17.9 Å². The summed E-state index contributed by atoms with van der Waals surface area (Å²) in [6.45, 7) is 2.16. The van der Waals surface area contributed by atoms with E-state index in [9.17, 15) is 14.4 Å². The van der Waals surface area contributed by atoms with Crippen molar-refractivity contribution in [2.45, 2.75) is 19.9 Å². The number of carbonyl (C=O) groups excluding carboxylic acids is 1. The Hall–Kier alpha value is -2.57. The van der Waals surface area contributed by atoms with Crippen LogP contribution in [-0.2, 0) is 24.8 Å². The van der Waals surface area contributed by atoms with Crippen molar-refractivity contribution in [3.05, 3.63) is 56.3 Å². The molecule has 7 heteroatoms. The fraction of sp³-hybridized carbons (Fsp3) is 0.357. The van der Waals surface area contributed by atoms with Gasteiger partial charge in [-0.1, -0.05) is 0 Å². The van der Waals surface area contributed by atoms with Crippen LogP contribution in [0.15, 0.2) is 32.3 Å². The number of furan rings is 1. The van der Waals surface area contributed by atoms with Gasteiger partial charge in [-0.05, 0) is 19.1 Å². The molecule has 0 spiro atoms. The molecule has 0 saturated heterocycles. The first-order valence-electron chi connectivity index (χ1n) is 6.45. The number of nitrogens with zero attached hydrogens (tertiary/aromatic N) is 2. The minimum Gasteiger partial charge on any atom is -0.464 e. The molecule has 0 aliphatic rings. The predicted octanol–water partition coefficient (Wildman–Crippen LogP) is 0.176. The Bertz CT molecular complexity index is 769. The number of hydrogen-bond donors (Lipinski definition) is 1. The van der Waals surface area contributed by atoms with Gasteiger partial charge in [0, 0.05) is 25.9 Å². The van der Waals surface area contributed by atoms with Crippen LogP contribution in [-0.4, -0.2) is 27.4 Å². The summed E-state index contributed by atoms with van der Waals surface area (Å²) in [4.78, 5) is 39.1. The zero-order valence-corrected chi connectivity index (χ0v) is 12.2. The van der Waals surface area contributed by atoms with E-state index in [1.54, 1.807) is 13.1 Å². The fourth-order valence-corrected chi connectivity index (χ4v) is 1.93. The average Bonchev–Trinajstić information content (AvgIpc) is 2.84. The van der Waals surface area contributed by atoms with Gasteiger partial charge in [-0.15, -0.1) is 0 Å². The van der Waals surface area contributed by atoms with Crippen molar-refractivity contribution < 1.29 is 9.21 Å². The maximum absolute atomic E-state index is 12.1.